The molecule has 1 fully saturated rings. The number of aryl methyl sites for hydroxylation is 1. The van der Waals surface area contributed by atoms with Crippen LogP contribution in [0.4, 0.5) is 5.00 Å². The molecule has 1 saturated heterocycles. The van der Waals surface area contributed by atoms with E-state index in [2.05, 4.69) is 15.1 Å². The molecule has 0 bridgehead atoms. The predicted molar refractivity (Wildman–Crippen MR) is 125 cm³/mol. The van der Waals surface area contributed by atoms with E-state index >= 15 is 0 Å². The first-order valence-corrected chi connectivity index (χ1v) is 11.4. The molecule has 0 saturated carbocycles. The molecule has 4 rings (SSSR count). The van der Waals surface area contributed by atoms with Crippen LogP contribution >= 0.6 is 11.3 Å². The van der Waals surface area contributed by atoms with E-state index in [4.69, 9.17) is 9.15 Å². The van der Waals surface area contributed by atoms with Crippen LogP contribution in [-0.4, -0.2) is 61.5 Å². The number of rotatable bonds is 7. The zero-order chi connectivity index (χ0) is 22.5. The van der Waals surface area contributed by atoms with Gasteiger partial charge >= 0.3 is 5.97 Å². The highest BCUT2D eigenvalue weighted by Gasteiger charge is 2.24. The number of anilines is 1. The molecule has 1 aromatic carbocycles. The molecule has 0 atom stereocenters. The van der Waals surface area contributed by atoms with Crippen LogP contribution in [-0.2, 0) is 16.1 Å². The molecule has 1 amide bonds. The van der Waals surface area contributed by atoms with Crippen molar-refractivity contribution in [2.24, 2.45) is 0 Å². The molecule has 0 unspecified atom stereocenters. The second-order valence-corrected chi connectivity index (χ2v) is 8.77. The van der Waals surface area contributed by atoms with Gasteiger partial charge in [0.25, 0.3) is 0 Å². The minimum absolute atomic E-state index is 0.132. The van der Waals surface area contributed by atoms with Crippen LogP contribution in [0.5, 0.6) is 0 Å². The molecule has 7 nitrogen and oxygen atoms in total. The Morgan fingerprint density at radius 1 is 1.09 bits per heavy atom. The Labute approximate surface area is 191 Å². The summed E-state index contributed by atoms with van der Waals surface area (Å²) in [5.41, 5.74) is 3.23. The van der Waals surface area contributed by atoms with Gasteiger partial charge in [-0.2, -0.15) is 0 Å². The molecule has 32 heavy (non-hydrogen) atoms. The van der Waals surface area contributed by atoms with E-state index in [0.29, 0.717) is 10.6 Å². The van der Waals surface area contributed by atoms with E-state index in [1.165, 1.54) is 18.4 Å². The first-order valence-electron chi connectivity index (χ1n) is 10.6. The molecule has 2 aromatic heterocycles. The molecule has 0 aliphatic carbocycles. The van der Waals surface area contributed by atoms with Crippen molar-refractivity contribution in [2.45, 2.75) is 13.5 Å². The minimum Gasteiger partial charge on any atom is -0.468 e. The summed E-state index contributed by atoms with van der Waals surface area (Å²) in [4.78, 5) is 29.7. The summed E-state index contributed by atoms with van der Waals surface area (Å²) in [6.07, 6.45) is 1.69. The van der Waals surface area contributed by atoms with E-state index in [1.807, 2.05) is 48.7 Å². The Hall–Kier alpha value is -2.94. The van der Waals surface area contributed by atoms with Gasteiger partial charge in [-0.25, -0.2) is 4.79 Å². The maximum atomic E-state index is 12.7. The topological polar surface area (TPSA) is 75.0 Å². The molecule has 1 N–H and O–H groups in total. The number of nitrogens with one attached hydrogen (secondary N) is 1. The third kappa shape index (κ3) is 5.27. The van der Waals surface area contributed by atoms with E-state index in [1.54, 1.807) is 6.26 Å². The first-order chi connectivity index (χ1) is 15.5. The highest BCUT2D eigenvalue weighted by molar-refractivity contribution is 7.15. The second-order valence-electron chi connectivity index (χ2n) is 7.89. The Balaban J connectivity index is 1.38. The number of esters is 1. The first kappa shape index (κ1) is 22.3. The number of methoxy groups -OCH3 is 1. The van der Waals surface area contributed by atoms with Crippen molar-refractivity contribution < 1.29 is 18.7 Å². The van der Waals surface area contributed by atoms with Gasteiger partial charge in [0.2, 0.25) is 5.91 Å². The van der Waals surface area contributed by atoms with Crippen LogP contribution in [0.3, 0.4) is 0 Å². The molecule has 3 heterocycles. The van der Waals surface area contributed by atoms with Crippen LogP contribution in [0.25, 0.3) is 11.1 Å². The van der Waals surface area contributed by atoms with Gasteiger partial charge in [0.1, 0.15) is 16.3 Å². The van der Waals surface area contributed by atoms with Crippen LogP contribution in [0.2, 0.25) is 0 Å². The summed E-state index contributed by atoms with van der Waals surface area (Å²) in [7, 11) is 1.35. The van der Waals surface area contributed by atoms with E-state index in [9.17, 15) is 9.59 Å². The molecule has 168 valence electrons. The Morgan fingerprint density at radius 3 is 2.47 bits per heavy atom. The lowest BCUT2D eigenvalue weighted by atomic mass is 10.0. The smallest absolute Gasteiger partial charge is 0.341 e. The fourth-order valence-electron chi connectivity index (χ4n) is 3.80. The molecule has 1 aliphatic rings. The van der Waals surface area contributed by atoms with Gasteiger partial charge in [-0.15, -0.1) is 11.3 Å². The molecular weight excluding hydrogens is 426 g/mol. The Bertz CT molecular complexity index is 1050. The predicted octanol–water partition coefficient (Wildman–Crippen LogP) is 3.86. The van der Waals surface area contributed by atoms with Gasteiger partial charge in [0, 0.05) is 37.1 Å². The maximum Gasteiger partial charge on any atom is 0.341 e. The van der Waals surface area contributed by atoms with Crippen molar-refractivity contribution in [2.75, 3.05) is 45.2 Å². The third-order valence-corrected chi connectivity index (χ3v) is 6.48. The van der Waals surface area contributed by atoms with E-state index < -0.39 is 5.97 Å². The van der Waals surface area contributed by atoms with Crippen LogP contribution in [0.1, 0.15) is 21.7 Å². The van der Waals surface area contributed by atoms with Crippen LogP contribution in [0.15, 0.2) is 52.5 Å². The number of nitrogens with zero attached hydrogens (tertiary/aromatic N) is 2. The zero-order valence-electron chi connectivity index (χ0n) is 18.3. The lowest BCUT2D eigenvalue weighted by Gasteiger charge is -2.33. The molecular formula is C24H27N3O4S. The fourth-order valence-corrected chi connectivity index (χ4v) is 4.77. The normalized spacial score (nSPS) is 14.9. The largest absolute Gasteiger partial charge is 0.468 e. The number of amides is 1. The van der Waals surface area contributed by atoms with E-state index in [0.717, 1.165) is 55.2 Å². The second kappa shape index (κ2) is 10.1. The number of thiophene rings is 1. The van der Waals surface area contributed by atoms with Gasteiger partial charge in [-0.3, -0.25) is 14.6 Å². The fraction of sp³-hybridized carbons (Fsp3) is 0.333. The van der Waals surface area contributed by atoms with Crippen molar-refractivity contribution in [1.29, 1.82) is 0 Å². The number of carbonyl (C=O) groups excluding carboxylic acids is 2. The maximum absolute atomic E-state index is 12.7. The van der Waals surface area contributed by atoms with Crippen LogP contribution < -0.4 is 5.32 Å². The lowest BCUT2D eigenvalue weighted by molar-refractivity contribution is -0.117. The number of ether oxygens (including phenoxy) is 1. The van der Waals surface area contributed by atoms with Gasteiger partial charge in [-0.1, -0.05) is 29.8 Å². The van der Waals surface area contributed by atoms with Crippen molar-refractivity contribution in [3.05, 3.63) is 64.9 Å². The average molecular weight is 454 g/mol. The molecule has 3 aromatic rings. The summed E-state index contributed by atoms with van der Waals surface area (Å²) >= 11 is 1.34. The van der Waals surface area contributed by atoms with Gasteiger partial charge in [0.05, 0.1) is 26.5 Å². The summed E-state index contributed by atoms with van der Waals surface area (Å²) in [6, 6.07) is 11.8. The average Bonchev–Trinajstić information content (AvgIpc) is 3.45. The van der Waals surface area contributed by atoms with E-state index in [-0.39, 0.29) is 12.5 Å². The number of furan rings is 1. The number of hydrogen-bond acceptors (Lipinski definition) is 7. The zero-order valence-corrected chi connectivity index (χ0v) is 19.1. The molecule has 1 aliphatic heterocycles. The summed E-state index contributed by atoms with van der Waals surface area (Å²) in [5, 5.41) is 5.34. The van der Waals surface area contributed by atoms with Gasteiger partial charge < -0.3 is 14.5 Å². The molecule has 0 radical (unpaired) electrons. The number of carbonyl (C=O) groups is 2. The monoisotopic (exact) mass is 453 g/mol. The van der Waals surface area contributed by atoms with Gasteiger partial charge in [0.15, 0.2) is 0 Å². The molecule has 0 spiro atoms. The Morgan fingerprint density at radius 2 is 1.81 bits per heavy atom. The quantitative estimate of drug-likeness (QED) is 0.548. The van der Waals surface area contributed by atoms with Crippen LogP contribution in [0, 0.1) is 6.92 Å². The summed E-state index contributed by atoms with van der Waals surface area (Å²) in [6.45, 7) is 6.44. The highest BCUT2D eigenvalue weighted by Crippen LogP contribution is 2.36. The van der Waals surface area contributed by atoms with Crippen molar-refractivity contribution in [3.8, 4) is 11.1 Å². The number of benzene rings is 1. The summed E-state index contributed by atoms with van der Waals surface area (Å²) < 4.78 is 10.4. The van der Waals surface area contributed by atoms with Crippen molar-refractivity contribution in [3.63, 3.8) is 0 Å². The SMILES string of the molecule is COC(=O)c1c(-c2ccc(C)cc2)csc1NC(=O)CN1CCN(Cc2ccco2)CC1. The Kier molecular flexibility index (Phi) is 7.04. The third-order valence-electron chi connectivity index (χ3n) is 5.59. The van der Waals surface area contributed by atoms with Gasteiger partial charge in [-0.05, 0) is 24.6 Å². The number of hydrogen-bond donors (Lipinski definition) is 1. The van der Waals surface area contributed by atoms with Crippen molar-refractivity contribution in [1.82, 2.24) is 9.80 Å². The number of piperazine rings is 1. The molecule has 8 heteroatoms. The summed E-state index contributed by atoms with van der Waals surface area (Å²) in [5.74, 6) is 0.365. The van der Waals surface area contributed by atoms with Crippen molar-refractivity contribution >= 4 is 28.2 Å². The lowest BCUT2D eigenvalue weighted by Crippen LogP contribution is -2.48. The minimum atomic E-state index is -0.455. The standard InChI is InChI=1S/C24H27N3O4S/c1-17-5-7-18(8-6-17)20-16-32-23(22(20)24(29)30-2)25-21(28)15-27-11-9-26(10-12-27)14-19-4-3-13-31-19/h3-8,13,16H,9-12,14-15H2,1-2H3,(H,25,28). The highest BCUT2D eigenvalue weighted by atomic mass is 32.1.